The molecule has 35 heavy (non-hydrogen) atoms. The van der Waals surface area contributed by atoms with Crippen LogP contribution in [0.5, 0.6) is 5.75 Å². The van der Waals surface area contributed by atoms with Crippen molar-refractivity contribution < 1.29 is 19.1 Å². The van der Waals surface area contributed by atoms with Crippen molar-refractivity contribution in [3.05, 3.63) is 97.8 Å². The first-order chi connectivity index (χ1) is 16.6. The first-order valence-corrected chi connectivity index (χ1v) is 11.8. The van der Waals surface area contributed by atoms with E-state index in [1.54, 1.807) is 24.3 Å². The highest BCUT2D eigenvalue weighted by Crippen LogP contribution is 2.30. The number of halogens is 3. The Balaban J connectivity index is 1.86. The summed E-state index contributed by atoms with van der Waals surface area (Å²) in [7, 11) is 3.81. The molecule has 3 aromatic rings. The number of nitrogens with one attached hydrogen (secondary N) is 2. The minimum Gasteiger partial charge on any atom is -0.506 e. The Morgan fingerprint density at radius 2 is 1.77 bits per heavy atom. The van der Waals surface area contributed by atoms with E-state index < -0.39 is 17.6 Å². The molecule has 0 radical (unpaired) electrons. The lowest BCUT2D eigenvalue weighted by Crippen LogP contribution is -2.32. The second-order valence-electron chi connectivity index (χ2n) is 7.53. The molecule has 0 aliphatic carbocycles. The minimum atomic E-state index is -0.712. The molecular formula is C25H21Br2FN4O3. The molecule has 180 valence electrons. The molecule has 0 bridgehead atoms. The monoisotopic (exact) mass is 602 g/mol. The van der Waals surface area contributed by atoms with Crippen LogP contribution in [0.15, 0.2) is 80.4 Å². The molecule has 0 unspecified atom stereocenters. The van der Waals surface area contributed by atoms with E-state index >= 15 is 0 Å². The second-order valence-corrected chi connectivity index (χ2v) is 9.30. The van der Waals surface area contributed by atoms with Gasteiger partial charge in [0.15, 0.2) is 0 Å². The Hall–Kier alpha value is -3.50. The summed E-state index contributed by atoms with van der Waals surface area (Å²) < 4.78 is 14.7. The zero-order valence-corrected chi connectivity index (χ0v) is 21.9. The maximum Gasteiger partial charge on any atom is 0.287 e. The molecule has 0 saturated heterocycles. The number of benzene rings is 3. The minimum absolute atomic E-state index is 0.0534. The Morgan fingerprint density at radius 3 is 2.43 bits per heavy atom. The van der Waals surface area contributed by atoms with Gasteiger partial charge in [-0.15, -0.1) is 0 Å². The molecule has 3 rings (SSSR count). The fourth-order valence-corrected chi connectivity index (χ4v) is 4.18. The Kier molecular flexibility index (Phi) is 8.78. The van der Waals surface area contributed by atoms with Gasteiger partial charge in [-0.05, 0) is 70.0 Å². The normalized spacial score (nSPS) is 11.4. The van der Waals surface area contributed by atoms with Crippen molar-refractivity contribution in [2.75, 3.05) is 19.0 Å². The van der Waals surface area contributed by atoms with Crippen molar-refractivity contribution >= 4 is 61.7 Å². The summed E-state index contributed by atoms with van der Waals surface area (Å²) in [6.45, 7) is 0. The number of aromatic hydroxyl groups is 1. The van der Waals surface area contributed by atoms with Gasteiger partial charge in [-0.2, -0.15) is 5.10 Å². The summed E-state index contributed by atoms with van der Waals surface area (Å²) in [5, 5.41) is 16.6. The summed E-state index contributed by atoms with van der Waals surface area (Å²) >= 11 is 6.55. The average Bonchev–Trinajstić information content (AvgIpc) is 2.81. The molecule has 0 saturated carbocycles. The smallest absolute Gasteiger partial charge is 0.287 e. The Morgan fingerprint density at radius 1 is 1.06 bits per heavy atom. The van der Waals surface area contributed by atoms with Crippen LogP contribution < -0.4 is 15.6 Å². The highest BCUT2D eigenvalue weighted by atomic mass is 79.9. The van der Waals surface area contributed by atoms with Gasteiger partial charge in [0.25, 0.3) is 11.8 Å². The standard InChI is InChI=1S/C25H21Br2FN4O3/c1-32(2)20-8-6-15(7-9-20)10-22(30-24(34)16-4-3-5-19(28)12-16)25(35)31-29-14-17-11-18(26)13-21(27)23(17)33/h3-14,33H,1-2H3,(H,30,34)(H,31,35)/b22-10-,29-14-. The Labute approximate surface area is 218 Å². The van der Waals surface area contributed by atoms with E-state index in [0.717, 1.165) is 11.8 Å². The van der Waals surface area contributed by atoms with E-state index in [4.69, 9.17) is 0 Å². The van der Waals surface area contributed by atoms with Crippen molar-refractivity contribution in [2.24, 2.45) is 5.10 Å². The molecule has 0 aliphatic rings. The second kappa shape index (κ2) is 11.8. The molecule has 3 N–H and O–H groups in total. The number of carbonyl (C=O) groups excluding carboxylic acids is 2. The van der Waals surface area contributed by atoms with Crippen LogP contribution in [0.2, 0.25) is 0 Å². The van der Waals surface area contributed by atoms with Gasteiger partial charge in [0, 0.05) is 35.4 Å². The molecule has 0 aromatic heterocycles. The SMILES string of the molecule is CN(C)c1ccc(/C=C(\NC(=O)c2cccc(F)c2)C(=O)N/N=C\c2cc(Br)cc(Br)c2O)cc1. The van der Waals surface area contributed by atoms with Crippen LogP contribution in [0, 0.1) is 5.82 Å². The third-order valence-corrected chi connectivity index (χ3v) is 5.79. The molecule has 3 aromatic carbocycles. The lowest BCUT2D eigenvalue weighted by Gasteiger charge is -2.13. The van der Waals surface area contributed by atoms with E-state index in [0.29, 0.717) is 20.1 Å². The fraction of sp³-hybridized carbons (Fsp3) is 0.0800. The summed E-state index contributed by atoms with van der Waals surface area (Å²) in [5.41, 5.74) is 4.25. The van der Waals surface area contributed by atoms with E-state index in [1.165, 1.54) is 30.5 Å². The number of phenols is 1. The van der Waals surface area contributed by atoms with Crippen molar-refractivity contribution in [2.45, 2.75) is 0 Å². The van der Waals surface area contributed by atoms with Crippen molar-refractivity contribution in [3.8, 4) is 5.75 Å². The first-order valence-electron chi connectivity index (χ1n) is 10.2. The van der Waals surface area contributed by atoms with Crippen LogP contribution in [-0.2, 0) is 4.79 Å². The lowest BCUT2D eigenvalue weighted by molar-refractivity contribution is -0.117. The molecule has 0 fully saturated rings. The van der Waals surface area contributed by atoms with Gasteiger partial charge < -0.3 is 15.3 Å². The van der Waals surface area contributed by atoms with E-state index in [9.17, 15) is 19.1 Å². The van der Waals surface area contributed by atoms with Gasteiger partial charge in [-0.3, -0.25) is 9.59 Å². The number of anilines is 1. The molecule has 2 amide bonds. The summed E-state index contributed by atoms with van der Waals surface area (Å²) in [6, 6.07) is 15.7. The number of amides is 2. The highest BCUT2D eigenvalue weighted by Gasteiger charge is 2.15. The number of hydrogen-bond donors (Lipinski definition) is 3. The first kappa shape index (κ1) is 26.1. The van der Waals surface area contributed by atoms with Crippen LogP contribution in [0.4, 0.5) is 10.1 Å². The molecular weight excluding hydrogens is 583 g/mol. The number of nitrogens with zero attached hydrogens (tertiary/aromatic N) is 2. The number of hydrogen-bond acceptors (Lipinski definition) is 5. The zero-order chi connectivity index (χ0) is 25.5. The van der Waals surface area contributed by atoms with Crippen molar-refractivity contribution in [3.63, 3.8) is 0 Å². The summed E-state index contributed by atoms with van der Waals surface area (Å²) in [6.07, 6.45) is 2.75. The van der Waals surface area contributed by atoms with Gasteiger partial charge in [0.05, 0.1) is 10.7 Å². The topological polar surface area (TPSA) is 94.0 Å². The molecule has 0 spiro atoms. The quantitative estimate of drug-likeness (QED) is 0.200. The fourth-order valence-electron chi connectivity index (χ4n) is 2.92. The number of phenolic OH excluding ortho intramolecular Hbond substituents is 1. The largest absolute Gasteiger partial charge is 0.506 e. The van der Waals surface area contributed by atoms with E-state index in [1.807, 2.05) is 31.1 Å². The molecule has 7 nitrogen and oxygen atoms in total. The van der Waals surface area contributed by atoms with Crippen LogP contribution >= 0.6 is 31.9 Å². The van der Waals surface area contributed by atoms with Crippen molar-refractivity contribution in [1.82, 2.24) is 10.7 Å². The molecule has 0 aliphatic heterocycles. The predicted molar refractivity (Wildman–Crippen MR) is 142 cm³/mol. The molecule has 0 heterocycles. The Bertz CT molecular complexity index is 1310. The number of carbonyl (C=O) groups is 2. The van der Waals surface area contributed by atoms with Gasteiger partial charge in [0.2, 0.25) is 0 Å². The maximum atomic E-state index is 13.6. The third kappa shape index (κ3) is 7.24. The van der Waals surface area contributed by atoms with Gasteiger partial charge in [-0.25, -0.2) is 9.82 Å². The number of hydrazone groups is 1. The van der Waals surface area contributed by atoms with Gasteiger partial charge in [0.1, 0.15) is 17.3 Å². The number of rotatable bonds is 7. The third-order valence-electron chi connectivity index (χ3n) is 4.73. The van der Waals surface area contributed by atoms with Crippen LogP contribution in [0.25, 0.3) is 6.08 Å². The van der Waals surface area contributed by atoms with Crippen LogP contribution in [0.3, 0.4) is 0 Å². The van der Waals surface area contributed by atoms with E-state index in [-0.39, 0.29) is 17.0 Å². The van der Waals surface area contributed by atoms with Crippen LogP contribution in [0.1, 0.15) is 21.5 Å². The molecule has 0 atom stereocenters. The average molecular weight is 604 g/mol. The predicted octanol–water partition coefficient (Wildman–Crippen LogP) is 5.04. The maximum absolute atomic E-state index is 13.6. The van der Waals surface area contributed by atoms with Gasteiger partial charge in [-0.1, -0.05) is 34.1 Å². The lowest BCUT2D eigenvalue weighted by atomic mass is 10.1. The van der Waals surface area contributed by atoms with Crippen LogP contribution in [-0.4, -0.2) is 37.2 Å². The van der Waals surface area contributed by atoms with Crippen molar-refractivity contribution in [1.29, 1.82) is 0 Å². The van der Waals surface area contributed by atoms with Gasteiger partial charge >= 0.3 is 0 Å². The zero-order valence-electron chi connectivity index (χ0n) is 18.7. The highest BCUT2D eigenvalue weighted by molar-refractivity contribution is 9.11. The summed E-state index contributed by atoms with van der Waals surface area (Å²) in [5.74, 6) is -2.00. The van der Waals surface area contributed by atoms with E-state index in [2.05, 4.69) is 47.7 Å². The summed E-state index contributed by atoms with van der Waals surface area (Å²) in [4.78, 5) is 27.5. The molecule has 10 heteroatoms.